The number of carboxylic acid groups (broad SMARTS) is 1. The van der Waals surface area contributed by atoms with Crippen molar-refractivity contribution >= 4 is 70.4 Å². The van der Waals surface area contributed by atoms with Crippen LogP contribution in [0.15, 0.2) is 28.0 Å². The van der Waals surface area contributed by atoms with E-state index in [0.717, 1.165) is 16.9 Å². The summed E-state index contributed by atoms with van der Waals surface area (Å²) in [7, 11) is 2.96. The summed E-state index contributed by atoms with van der Waals surface area (Å²) in [5.41, 5.74) is 1.06. The van der Waals surface area contributed by atoms with E-state index in [4.69, 9.17) is 4.84 Å². The standard InChI is InChI=1S/C21H22N8O7S2/c1-10-4-28(27(2)16(10)22-8-30)5-11-6-37-19-14(18(33)29(19)15(11)20(34)35)25-17(32)13(26-36-3)12-7-38-21(24-12)23-9-31/h4,7-9,14,19H,5-6H2,1-3H3,(H3,23,24,25,31,32,34,35)/p+1/t14-,19-/m1/s1. The number of rotatable bonds is 11. The number of nitrogens with one attached hydrogen (secondary N) is 3. The van der Waals surface area contributed by atoms with Crippen LogP contribution in [0.25, 0.3) is 0 Å². The molecule has 0 spiro atoms. The number of amides is 4. The number of nitrogens with zero attached hydrogens (tertiary/aromatic N) is 5. The van der Waals surface area contributed by atoms with Gasteiger partial charge in [-0.2, -0.15) is 0 Å². The Labute approximate surface area is 223 Å². The number of thiazole rings is 1. The maximum atomic E-state index is 13.1. The summed E-state index contributed by atoms with van der Waals surface area (Å²) < 4.78 is 3.41. The quantitative estimate of drug-likeness (QED) is 0.0874. The van der Waals surface area contributed by atoms with Crippen molar-refractivity contribution in [3.8, 4) is 0 Å². The van der Waals surface area contributed by atoms with Crippen LogP contribution in [0, 0.1) is 6.92 Å². The van der Waals surface area contributed by atoms with E-state index >= 15 is 0 Å². The van der Waals surface area contributed by atoms with Gasteiger partial charge in [0.25, 0.3) is 11.8 Å². The Kier molecular flexibility index (Phi) is 7.77. The van der Waals surface area contributed by atoms with E-state index in [1.807, 2.05) is 0 Å². The molecule has 1 fully saturated rings. The van der Waals surface area contributed by atoms with E-state index in [1.165, 1.54) is 29.2 Å². The lowest BCUT2D eigenvalue weighted by Crippen LogP contribution is -2.71. The van der Waals surface area contributed by atoms with Crippen LogP contribution in [0.5, 0.6) is 0 Å². The Morgan fingerprint density at radius 2 is 2.08 bits per heavy atom. The summed E-state index contributed by atoms with van der Waals surface area (Å²) >= 11 is 2.38. The van der Waals surface area contributed by atoms with Crippen molar-refractivity contribution in [2.45, 2.75) is 24.9 Å². The van der Waals surface area contributed by atoms with Gasteiger partial charge in [0.1, 0.15) is 29.9 Å². The predicted octanol–water partition coefficient (Wildman–Crippen LogP) is -0.997. The van der Waals surface area contributed by atoms with Crippen molar-refractivity contribution in [2.75, 3.05) is 23.5 Å². The van der Waals surface area contributed by atoms with Gasteiger partial charge in [0.05, 0.1) is 12.6 Å². The number of aromatic nitrogens is 3. The number of aliphatic carboxylic acids is 1. The lowest BCUT2D eigenvalue weighted by molar-refractivity contribution is -0.765. The maximum Gasteiger partial charge on any atom is 0.352 e. The average Bonchev–Trinajstić information content (AvgIpc) is 3.45. The highest BCUT2D eigenvalue weighted by Crippen LogP contribution is 2.40. The highest BCUT2D eigenvalue weighted by atomic mass is 32.2. The number of β-lactam (4-membered cyclic amide) rings is 1. The highest BCUT2D eigenvalue weighted by molar-refractivity contribution is 8.00. The van der Waals surface area contributed by atoms with Crippen molar-refractivity contribution < 1.29 is 38.6 Å². The van der Waals surface area contributed by atoms with Crippen molar-refractivity contribution in [3.05, 3.63) is 34.1 Å². The monoisotopic (exact) mass is 563 g/mol. The van der Waals surface area contributed by atoms with E-state index in [-0.39, 0.29) is 28.8 Å². The number of carbonyl (C=O) groups is 5. The second-order valence-corrected chi connectivity index (χ2v) is 10.0. The molecule has 200 valence electrons. The molecule has 0 saturated carbocycles. The zero-order chi connectivity index (χ0) is 27.6. The topological polar surface area (TPSA) is 188 Å². The number of oxime groups is 1. The van der Waals surface area contributed by atoms with Crippen molar-refractivity contribution in [2.24, 2.45) is 12.2 Å². The van der Waals surface area contributed by atoms with Gasteiger partial charge >= 0.3 is 5.97 Å². The molecule has 0 radical (unpaired) electrons. The first-order chi connectivity index (χ1) is 18.2. The van der Waals surface area contributed by atoms with Gasteiger partial charge in [0.2, 0.25) is 19.0 Å². The molecular weight excluding hydrogens is 540 g/mol. The molecule has 0 aliphatic carbocycles. The molecule has 15 nitrogen and oxygen atoms in total. The summed E-state index contributed by atoms with van der Waals surface area (Å²) in [6, 6.07) is -0.995. The highest BCUT2D eigenvalue weighted by Gasteiger charge is 2.55. The van der Waals surface area contributed by atoms with Crippen molar-refractivity contribution in [1.29, 1.82) is 0 Å². The molecule has 0 unspecified atom stereocenters. The smallest absolute Gasteiger partial charge is 0.352 e. The number of carbonyl (C=O) groups excluding carboxylic acids is 4. The zero-order valence-electron chi connectivity index (χ0n) is 20.3. The zero-order valence-corrected chi connectivity index (χ0v) is 22.0. The fourth-order valence-electron chi connectivity index (χ4n) is 4.17. The van der Waals surface area contributed by atoms with E-state index < -0.39 is 29.2 Å². The van der Waals surface area contributed by atoms with E-state index in [1.54, 1.807) is 29.5 Å². The molecule has 2 aromatic rings. The fourth-order valence-corrected chi connectivity index (χ4v) is 6.16. The van der Waals surface area contributed by atoms with Gasteiger partial charge in [-0.3, -0.25) is 24.1 Å². The minimum atomic E-state index is -1.26. The first-order valence-electron chi connectivity index (χ1n) is 11.0. The normalized spacial score (nSPS) is 18.9. The molecule has 4 rings (SSSR count). The molecule has 4 heterocycles. The molecule has 17 heteroatoms. The second kappa shape index (κ2) is 11.0. The molecule has 2 aliphatic rings. The van der Waals surface area contributed by atoms with Crippen LogP contribution in [0.2, 0.25) is 0 Å². The van der Waals surface area contributed by atoms with Gasteiger partial charge in [0.15, 0.2) is 23.2 Å². The average molecular weight is 564 g/mol. The number of hydrogen-bond acceptors (Lipinski definition) is 10. The number of anilines is 2. The van der Waals surface area contributed by atoms with Crippen molar-refractivity contribution in [3.63, 3.8) is 0 Å². The molecule has 2 aromatic heterocycles. The maximum absolute atomic E-state index is 13.1. The molecule has 1 saturated heterocycles. The first kappa shape index (κ1) is 26.8. The predicted molar refractivity (Wildman–Crippen MR) is 135 cm³/mol. The minimum absolute atomic E-state index is 0.130. The van der Waals surface area contributed by atoms with Crippen LogP contribution in [-0.2, 0) is 42.4 Å². The van der Waals surface area contributed by atoms with E-state index in [2.05, 4.69) is 26.1 Å². The third-order valence-electron chi connectivity index (χ3n) is 5.84. The molecular formula is C21H23N8O7S2+. The number of carboxylic acids is 1. The fraction of sp³-hybridized carbons (Fsp3) is 0.333. The second-order valence-electron chi connectivity index (χ2n) is 8.08. The Morgan fingerprint density at radius 3 is 2.74 bits per heavy atom. The Bertz CT molecular complexity index is 1380. The summed E-state index contributed by atoms with van der Waals surface area (Å²) in [4.78, 5) is 69.8. The van der Waals surface area contributed by atoms with Crippen LogP contribution in [0.1, 0.15) is 11.3 Å². The van der Waals surface area contributed by atoms with Gasteiger partial charge in [-0.1, -0.05) is 5.16 Å². The molecule has 4 N–H and O–H groups in total. The largest absolute Gasteiger partial charge is 0.477 e. The molecule has 4 amide bonds. The number of aryl methyl sites for hydroxylation is 1. The Hall–Kier alpha value is -4.25. The molecule has 38 heavy (non-hydrogen) atoms. The first-order valence-corrected chi connectivity index (χ1v) is 12.9. The van der Waals surface area contributed by atoms with E-state index in [0.29, 0.717) is 30.0 Å². The number of hydrogen-bond donors (Lipinski definition) is 4. The number of fused-ring (bicyclic) bond motifs is 1. The van der Waals surface area contributed by atoms with Gasteiger partial charge in [-0.15, -0.1) is 32.5 Å². The Morgan fingerprint density at radius 1 is 1.34 bits per heavy atom. The molecule has 2 aliphatic heterocycles. The van der Waals surface area contributed by atoms with Gasteiger partial charge in [0, 0.05) is 16.7 Å². The minimum Gasteiger partial charge on any atom is -0.477 e. The summed E-state index contributed by atoms with van der Waals surface area (Å²) in [5.74, 6) is -1.74. The lowest BCUT2D eigenvalue weighted by Gasteiger charge is -2.49. The van der Waals surface area contributed by atoms with Crippen LogP contribution in [-0.4, -0.2) is 80.3 Å². The van der Waals surface area contributed by atoms with Gasteiger partial charge in [-0.25, -0.2) is 9.78 Å². The van der Waals surface area contributed by atoms with Crippen LogP contribution < -0.4 is 20.6 Å². The molecule has 0 aromatic carbocycles. The summed E-state index contributed by atoms with van der Waals surface area (Å²) in [6.45, 7) is 1.98. The summed E-state index contributed by atoms with van der Waals surface area (Å²) in [5, 5.41) is 22.3. The third kappa shape index (κ3) is 4.84. The Balaban J connectivity index is 1.54. The van der Waals surface area contributed by atoms with Crippen LogP contribution >= 0.6 is 23.1 Å². The van der Waals surface area contributed by atoms with Crippen LogP contribution in [0.4, 0.5) is 10.9 Å². The molecule has 0 bridgehead atoms. The lowest BCUT2D eigenvalue weighted by atomic mass is 10.0. The summed E-state index contributed by atoms with van der Waals surface area (Å²) in [6.07, 6.45) is 2.76. The van der Waals surface area contributed by atoms with E-state index in [9.17, 15) is 29.1 Å². The number of thioether (sulfide) groups is 1. The third-order valence-corrected chi connectivity index (χ3v) is 7.95. The SMILES string of the molecule is CON=C(C(=O)N[C@@H]1C(=O)N2C(C(=O)O)=C(C[n+]3cc(C)c(NC=O)n3C)CS[C@H]12)c1csc(NC=O)n1. The molecule has 2 atom stereocenters. The van der Waals surface area contributed by atoms with Crippen molar-refractivity contribution in [1.82, 2.24) is 19.9 Å². The van der Waals surface area contributed by atoms with Gasteiger partial charge in [-0.05, 0) is 6.92 Å². The van der Waals surface area contributed by atoms with Crippen LogP contribution in [0.3, 0.4) is 0 Å². The van der Waals surface area contributed by atoms with Gasteiger partial charge < -0.3 is 25.9 Å².